The van der Waals surface area contributed by atoms with E-state index in [2.05, 4.69) is 58.0 Å². The maximum atomic E-state index is 13.6. The number of carbonyl (C=O) groups is 5. The van der Waals surface area contributed by atoms with E-state index in [4.69, 9.17) is 9.47 Å². The molecular weight excluding hydrogens is 829 g/mol. The van der Waals surface area contributed by atoms with Crippen LogP contribution in [0.25, 0.3) is 10.9 Å². The second kappa shape index (κ2) is 19.1. The van der Waals surface area contributed by atoms with Gasteiger partial charge in [-0.25, -0.2) is 9.78 Å². The Morgan fingerprint density at radius 1 is 0.719 bits per heavy atom. The molecular formula is C44H38N10O10. The van der Waals surface area contributed by atoms with E-state index in [-0.39, 0.29) is 46.2 Å². The number of nitrogens with one attached hydrogen (secondary N) is 6. The fourth-order valence-corrected chi connectivity index (χ4v) is 6.48. The van der Waals surface area contributed by atoms with Crippen molar-refractivity contribution in [2.45, 2.75) is 19.0 Å². The van der Waals surface area contributed by atoms with Crippen LogP contribution in [0.4, 0.5) is 22.7 Å². The number of carboxylic acids is 1. The molecule has 0 aliphatic rings. The highest BCUT2D eigenvalue weighted by atomic mass is 16.5. The topological polar surface area (TPSA) is 292 Å². The number of anilines is 4. The van der Waals surface area contributed by atoms with E-state index in [1.165, 1.54) is 56.9 Å². The zero-order valence-corrected chi connectivity index (χ0v) is 33.9. The molecule has 1 unspecified atom stereocenters. The van der Waals surface area contributed by atoms with Crippen molar-refractivity contribution in [3.63, 3.8) is 0 Å². The van der Waals surface area contributed by atoms with Crippen LogP contribution in [0.1, 0.15) is 52.8 Å². The summed E-state index contributed by atoms with van der Waals surface area (Å²) in [5.41, 5.74) is 2.70. The molecule has 1 atom stereocenters. The molecule has 0 aliphatic carbocycles. The number of aromatic carboxylic acids is 1. The third kappa shape index (κ3) is 9.76. The first-order valence-electron chi connectivity index (χ1n) is 19.2. The number of nitrogens with zero attached hydrogens (tertiary/aromatic N) is 4. The van der Waals surface area contributed by atoms with Crippen LogP contribution in [0.2, 0.25) is 0 Å². The fourth-order valence-electron chi connectivity index (χ4n) is 6.48. The van der Waals surface area contributed by atoms with Gasteiger partial charge in [-0.15, -0.1) is 0 Å². The van der Waals surface area contributed by atoms with Crippen molar-refractivity contribution in [3.05, 3.63) is 143 Å². The Balaban J connectivity index is 0.972. The average Bonchev–Trinajstić information content (AvgIpc) is 3.82. The monoisotopic (exact) mass is 866 g/mol. The van der Waals surface area contributed by atoms with Gasteiger partial charge in [0.15, 0.2) is 23.0 Å². The minimum atomic E-state index is -1.42. The third-order valence-corrected chi connectivity index (χ3v) is 9.72. The van der Waals surface area contributed by atoms with Crippen molar-refractivity contribution in [1.29, 1.82) is 0 Å². The molecule has 64 heavy (non-hydrogen) atoms. The molecule has 9 N–H and O–H groups in total. The highest BCUT2D eigenvalue weighted by molar-refractivity contribution is 6.10. The first-order chi connectivity index (χ1) is 30.9. The van der Waals surface area contributed by atoms with E-state index in [1.54, 1.807) is 30.5 Å². The molecule has 20 heteroatoms. The molecule has 324 valence electrons. The third-order valence-electron chi connectivity index (χ3n) is 9.72. The van der Waals surface area contributed by atoms with Gasteiger partial charge in [0.1, 0.15) is 17.3 Å². The Hall–Kier alpha value is -9.07. The first kappa shape index (κ1) is 43.0. The van der Waals surface area contributed by atoms with Crippen LogP contribution < -0.4 is 36.1 Å². The molecule has 0 saturated carbocycles. The van der Waals surface area contributed by atoms with Crippen molar-refractivity contribution in [3.8, 4) is 23.0 Å². The zero-order chi connectivity index (χ0) is 45.3. The van der Waals surface area contributed by atoms with E-state index in [0.717, 1.165) is 28.2 Å². The van der Waals surface area contributed by atoms with Crippen molar-refractivity contribution in [2.24, 2.45) is 0 Å². The van der Waals surface area contributed by atoms with E-state index >= 15 is 0 Å². The number of methoxy groups -OCH3 is 2. The van der Waals surface area contributed by atoms with E-state index < -0.39 is 52.7 Å². The predicted molar refractivity (Wildman–Crippen MR) is 232 cm³/mol. The second-order valence-corrected chi connectivity index (χ2v) is 13.9. The first-order valence-corrected chi connectivity index (χ1v) is 19.2. The molecule has 0 bridgehead atoms. The molecule has 20 nitrogen and oxygen atoms in total. The number of carbonyl (C=O) groups excluding carboxylic acids is 4. The van der Waals surface area contributed by atoms with Gasteiger partial charge in [0.25, 0.3) is 17.7 Å². The molecule has 0 radical (unpaired) electrons. The summed E-state index contributed by atoms with van der Waals surface area (Å²) in [5.74, 6) is -6.12. The number of aromatic amines is 1. The van der Waals surface area contributed by atoms with Gasteiger partial charge in [0.2, 0.25) is 5.91 Å². The fraction of sp³-hybridized carbons (Fsp3) is 0.114. The van der Waals surface area contributed by atoms with Gasteiger partial charge in [0, 0.05) is 35.8 Å². The lowest BCUT2D eigenvalue weighted by Crippen LogP contribution is -2.45. The smallest absolute Gasteiger partial charge is 0.339 e. The molecule has 0 saturated heterocycles. The van der Waals surface area contributed by atoms with Gasteiger partial charge in [-0.1, -0.05) is 12.1 Å². The number of rotatable bonds is 16. The minimum Gasteiger partial charge on any atom is -0.504 e. The second-order valence-electron chi connectivity index (χ2n) is 13.9. The summed E-state index contributed by atoms with van der Waals surface area (Å²) < 4.78 is 10.4. The van der Waals surface area contributed by atoms with Gasteiger partial charge in [-0.05, 0) is 84.4 Å². The Bertz CT molecular complexity index is 2870. The molecule has 4 amide bonds. The maximum Gasteiger partial charge on any atom is 0.339 e. The molecule has 3 heterocycles. The van der Waals surface area contributed by atoms with Crippen molar-refractivity contribution in [2.75, 3.05) is 35.5 Å². The van der Waals surface area contributed by atoms with Crippen LogP contribution >= 0.6 is 0 Å². The Labute approximate surface area is 362 Å². The van der Waals surface area contributed by atoms with E-state index in [9.17, 15) is 39.3 Å². The van der Waals surface area contributed by atoms with Crippen molar-refractivity contribution >= 4 is 63.3 Å². The molecule has 7 aromatic rings. The average molecular weight is 867 g/mol. The largest absolute Gasteiger partial charge is 0.504 e. The normalized spacial score (nSPS) is 11.2. The van der Waals surface area contributed by atoms with Crippen LogP contribution in [0.5, 0.6) is 23.0 Å². The summed E-state index contributed by atoms with van der Waals surface area (Å²) in [6, 6.07) is 23.1. The van der Waals surface area contributed by atoms with E-state index in [1.807, 2.05) is 24.3 Å². The minimum absolute atomic E-state index is 0.00426. The molecule has 0 spiro atoms. The number of ether oxygens (including phenoxy) is 2. The van der Waals surface area contributed by atoms with Crippen LogP contribution in [0.3, 0.4) is 0 Å². The SMILES string of the molecule is COc1c(NC(=O)c2ccc(NC(=O)c3ccc(NC(=O)C(Cc4cn[nH]n4)NC(=O)c4ccc(NCc5ccc6ncccc6c5)cc4)cn3)c(OC)c2O)ccc(C(=O)O)c1O. The molecule has 0 aliphatic heterocycles. The van der Waals surface area contributed by atoms with Gasteiger partial charge in [0.05, 0.1) is 60.4 Å². The number of aromatic nitrogens is 5. The van der Waals surface area contributed by atoms with Gasteiger partial charge < -0.3 is 51.4 Å². The lowest BCUT2D eigenvalue weighted by Gasteiger charge is -2.18. The summed E-state index contributed by atoms with van der Waals surface area (Å²) in [7, 11) is 2.37. The molecule has 0 fully saturated rings. The highest BCUT2D eigenvalue weighted by Gasteiger charge is 2.26. The number of hydrogen-bond acceptors (Lipinski definition) is 14. The number of aromatic hydroxyl groups is 2. The summed E-state index contributed by atoms with van der Waals surface area (Å²) in [6.45, 7) is 0.550. The van der Waals surface area contributed by atoms with Gasteiger partial charge >= 0.3 is 5.97 Å². The Morgan fingerprint density at radius 2 is 1.41 bits per heavy atom. The summed E-state index contributed by atoms with van der Waals surface area (Å²) >= 11 is 0. The number of hydrogen-bond donors (Lipinski definition) is 9. The summed E-state index contributed by atoms with van der Waals surface area (Å²) in [4.78, 5) is 73.3. The number of amides is 4. The summed E-state index contributed by atoms with van der Waals surface area (Å²) in [5, 5.41) is 55.7. The lowest BCUT2D eigenvalue weighted by molar-refractivity contribution is -0.118. The number of carboxylic acid groups (broad SMARTS) is 1. The van der Waals surface area contributed by atoms with Crippen LogP contribution in [-0.4, -0.2) is 90.6 Å². The molecule has 7 rings (SSSR count). The number of phenols is 2. The van der Waals surface area contributed by atoms with Gasteiger partial charge in [-0.2, -0.15) is 15.4 Å². The summed E-state index contributed by atoms with van der Waals surface area (Å²) in [6.07, 6.45) is 4.41. The maximum absolute atomic E-state index is 13.6. The number of phenolic OH excluding ortho intramolecular Hbond substituents is 1. The number of fused-ring (bicyclic) bond motifs is 1. The molecule has 3 aromatic heterocycles. The van der Waals surface area contributed by atoms with E-state index in [0.29, 0.717) is 17.8 Å². The van der Waals surface area contributed by atoms with Crippen molar-refractivity contribution in [1.82, 2.24) is 30.7 Å². The lowest BCUT2D eigenvalue weighted by atomic mass is 10.1. The number of pyridine rings is 2. The number of H-pyrrole nitrogens is 1. The van der Waals surface area contributed by atoms with Crippen LogP contribution in [0, 0.1) is 0 Å². The standard InChI is InChI=1S/C44H38N10O10/c1-63-38-33(15-11-29(36(38)55)41(58)50-32-16-12-30(44(61)62)37(56)39(32)64-2)51-42(59)34-14-10-27(21-47-34)49-43(60)35(19-28-22-48-54-53-28)52-40(57)24-6-8-26(9-7-24)46-20-23-5-13-31-25(18-23)4-3-17-45-31/h3-18,21-22,35,46,55-56H,19-20H2,1-2H3,(H,49,60)(H,50,58)(H,51,59)(H,52,57)(H,61,62)(H,48,53,54). The Kier molecular flexibility index (Phi) is 12.8. The molecule has 4 aromatic carbocycles. The zero-order valence-electron chi connectivity index (χ0n) is 33.9. The predicted octanol–water partition coefficient (Wildman–Crippen LogP) is 4.97. The Morgan fingerprint density at radius 3 is 2.06 bits per heavy atom. The van der Waals surface area contributed by atoms with Crippen LogP contribution in [0.15, 0.2) is 110 Å². The number of benzene rings is 4. The highest BCUT2D eigenvalue weighted by Crippen LogP contribution is 2.40. The van der Waals surface area contributed by atoms with Crippen LogP contribution in [-0.2, 0) is 17.8 Å². The van der Waals surface area contributed by atoms with Crippen molar-refractivity contribution < 1.29 is 48.8 Å². The quantitative estimate of drug-likeness (QED) is 0.0620. The van der Waals surface area contributed by atoms with Gasteiger partial charge in [-0.3, -0.25) is 24.2 Å².